The van der Waals surface area contributed by atoms with Crippen molar-refractivity contribution in [3.63, 3.8) is 0 Å². The van der Waals surface area contributed by atoms with Crippen LogP contribution < -0.4 is 4.90 Å². The van der Waals surface area contributed by atoms with Crippen molar-refractivity contribution in [1.29, 1.82) is 0 Å². The van der Waals surface area contributed by atoms with E-state index in [1.54, 1.807) is 0 Å². The first-order chi connectivity index (χ1) is 8.92. The zero-order chi connectivity index (χ0) is 14.2. The molecule has 3 nitrogen and oxygen atoms in total. The van der Waals surface area contributed by atoms with Crippen LogP contribution >= 0.6 is 0 Å². The van der Waals surface area contributed by atoms with Gasteiger partial charge < -0.3 is 10.0 Å². The molecule has 0 unspecified atom stereocenters. The summed E-state index contributed by atoms with van der Waals surface area (Å²) in [5.74, 6) is -0.833. The fourth-order valence-corrected chi connectivity index (χ4v) is 2.89. The monoisotopic (exact) mass is 261 g/mol. The lowest BCUT2D eigenvalue weighted by atomic mass is 9.75. The van der Waals surface area contributed by atoms with Crippen LogP contribution in [0.2, 0.25) is 0 Å². The van der Waals surface area contributed by atoms with Gasteiger partial charge in [0.1, 0.15) is 0 Å². The van der Waals surface area contributed by atoms with Crippen molar-refractivity contribution in [2.75, 3.05) is 18.0 Å². The van der Waals surface area contributed by atoms with Crippen LogP contribution in [-0.2, 0) is 0 Å². The standard InChI is InChI=1S/C16H23NO2/c1-5-16(6-2)9-17(10-16)13-7-11(3)12(4)14(8-13)15(18)19/h7-8H,5-6,9-10H2,1-4H3,(H,18,19). The molecular weight excluding hydrogens is 238 g/mol. The van der Waals surface area contributed by atoms with Crippen LogP contribution in [0.25, 0.3) is 0 Å². The molecule has 1 heterocycles. The highest BCUT2D eigenvalue weighted by atomic mass is 16.4. The lowest BCUT2D eigenvalue weighted by molar-refractivity contribution is 0.0696. The Morgan fingerprint density at radius 1 is 1.26 bits per heavy atom. The second kappa shape index (κ2) is 4.87. The summed E-state index contributed by atoms with van der Waals surface area (Å²) >= 11 is 0. The summed E-state index contributed by atoms with van der Waals surface area (Å²) < 4.78 is 0. The Balaban J connectivity index is 2.26. The molecule has 0 radical (unpaired) electrons. The van der Waals surface area contributed by atoms with Gasteiger partial charge >= 0.3 is 5.97 Å². The van der Waals surface area contributed by atoms with Crippen LogP contribution in [-0.4, -0.2) is 24.2 Å². The molecule has 1 saturated heterocycles. The maximum absolute atomic E-state index is 11.3. The SMILES string of the molecule is CCC1(CC)CN(c2cc(C)c(C)c(C(=O)O)c2)C1. The van der Waals surface area contributed by atoms with Crippen molar-refractivity contribution in [1.82, 2.24) is 0 Å². The molecule has 3 heteroatoms. The Labute approximate surface area is 115 Å². The number of benzene rings is 1. The minimum Gasteiger partial charge on any atom is -0.478 e. The summed E-state index contributed by atoms with van der Waals surface area (Å²) in [4.78, 5) is 13.6. The number of aromatic carboxylic acids is 1. The van der Waals surface area contributed by atoms with E-state index in [2.05, 4.69) is 24.8 Å². The van der Waals surface area contributed by atoms with Crippen LogP contribution in [0.1, 0.15) is 48.2 Å². The van der Waals surface area contributed by atoms with Crippen LogP contribution in [0.4, 0.5) is 5.69 Å². The van der Waals surface area contributed by atoms with Gasteiger partial charge in [0, 0.05) is 24.2 Å². The lowest BCUT2D eigenvalue weighted by Crippen LogP contribution is -2.56. The Kier molecular flexibility index (Phi) is 3.57. The van der Waals surface area contributed by atoms with Crippen molar-refractivity contribution < 1.29 is 9.90 Å². The zero-order valence-electron chi connectivity index (χ0n) is 12.3. The maximum atomic E-state index is 11.3. The van der Waals surface area contributed by atoms with E-state index in [9.17, 15) is 9.90 Å². The minimum atomic E-state index is -0.833. The predicted octanol–water partition coefficient (Wildman–Crippen LogP) is 3.63. The molecular formula is C16H23NO2. The molecule has 0 atom stereocenters. The maximum Gasteiger partial charge on any atom is 0.336 e. The van der Waals surface area contributed by atoms with Gasteiger partial charge in [0.05, 0.1) is 5.56 Å². The van der Waals surface area contributed by atoms with E-state index in [1.165, 1.54) is 12.8 Å². The molecule has 2 rings (SSSR count). The van der Waals surface area contributed by atoms with Gasteiger partial charge in [0.2, 0.25) is 0 Å². The number of rotatable bonds is 4. The highest BCUT2D eigenvalue weighted by molar-refractivity contribution is 5.91. The largest absolute Gasteiger partial charge is 0.478 e. The van der Waals surface area contributed by atoms with E-state index in [0.717, 1.165) is 29.9 Å². The molecule has 0 saturated carbocycles. The van der Waals surface area contributed by atoms with Gasteiger partial charge in [-0.05, 0) is 49.9 Å². The third kappa shape index (κ3) is 2.34. The van der Waals surface area contributed by atoms with Gasteiger partial charge in [-0.1, -0.05) is 13.8 Å². The average molecular weight is 261 g/mol. The number of aryl methyl sites for hydroxylation is 1. The van der Waals surface area contributed by atoms with Gasteiger partial charge in [-0.2, -0.15) is 0 Å². The summed E-state index contributed by atoms with van der Waals surface area (Å²) in [6.07, 6.45) is 2.38. The van der Waals surface area contributed by atoms with Gasteiger partial charge in [-0.25, -0.2) is 4.79 Å². The van der Waals surface area contributed by atoms with Crippen molar-refractivity contribution in [3.05, 3.63) is 28.8 Å². The fraction of sp³-hybridized carbons (Fsp3) is 0.562. The van der Waals surface area contributed by atoms with E-state index >= 15 is 0 Å². The molecule has 0 bridgehead atoms. The first kappa shape index (κ1) is 13.9. The summed E-state index contributed by atoms with van der Waals surface area (Å²) in [5, 5.41) is 9.26. The summed E-state index contributed by atoms with van der Waals surface area (Å²) in [7, 11) is 0. The van der Waals surface area contributed by atoms with Gasteiger partial charge in [0.15, 0.2) is 0 Å². The molecule has 1 fully saturated rings. The van der Waals surface area contributed by atoms with Crippen LogP contribution in [0, 0.1) is 19.3 Å². The smallest absolute Gasteiger partial charge is 0.336 e. The first-order valence-corrected chi connectivity index (χ1v) is 7.02. The number of carbonyl (C=O) groups is 1. The fourth-order valence-electron chi connectivity index (χ4n) is 2.89. The van der Waals surface area contributed by atoms with E-state index in [1.807, 2.05) is 19.9 Å². The molecule has 19 heavy (non-hydrogen) atoms. The Morgan fingerprint density at radius 2 is 1.84 bits per heavy atom. The molecule has 104 valence electrons. The normalized spacial score (nSPS) is 17.2. The molecule has 1 aromatic carbocycles. The topological polar surface area (TPSA) is 40.5 Å². The molecule has 1 aromatic rings. The first-order valence-electron chi connectivity index (χ1n) is 7.02. The van der Waals surface area contributed by atoms with Gasteiger partial charge in [-0.15, -0.1) is 0 Å². The third-order valence-electron chi connectivity index (χ3n) is 4.80. The Hall–Kier alpha value is -1.51. The molecule has 1 aliphatic rings. The number of carboxylic acid groups (broad SMARTS) is 1. The van der Waals surface area contributed by atoms with Gasteiger partial charge in [0.25, 0.3) is 0 Å². The average Bonchev–Trinajstić information content (AvgIpc) is 2.32. The molecule has 0 amide bonds. The Bertz CT molecular complexity index is 496. The summed E-state index contributed by atoms with van der Waals surface area (Å²) in [5.41, 5.74) is 3.84. The minimum absolute atomic E-state index is 0.431. The molecule has 0 aromatic heterocycles. The summed E-state index contributed by atoms with van der Waals surface area (Å²) in [6, 6.07) is 3.93. The molecule has 0 aliphatic carbocycles. The molecule has 0 spiro atoms. The van der Waals surface area contributed by atoms with E-state index < -0.39 is 5.97 Å². The second-order valence-corrected chi connectivity index (χ2v) is 5.80. The number of carboxylic acids is 1. The summed E-state index contributed by atoms with van der Waals surface area (Å²) in [6.45, 7) is 10.4. The van der Waals surface area contributed by atoms with Crippen molar-refractivity contribution >= 4 is 11.7 Å². The van der Waals surface area contributed by atoms with Gasteiger partial charge in [-0.3, -0.25) is 0 Å². The third-order valence-corrected chi connectivity index (χ3v) is 4.80. The Morgan fingerprint density at radius 3 is 2.32 bits per heavy atom. The van der Waals surface area contributed by atoms with E-state index in [-0.39, 0.29) is 0 Å². The number of anilines is 1. The molecule has 1 N–H and O–H groups in total. The van der Waals surface area contributed by atoms with Crippen molar-refractivity contribution in [3.8, 4) is 0 Å². The zero-order valence-corrected chi connectivity index (χ0v) is 12.3. The second-order valence-electron chi connectivity index (χ2n) is 5.80. The lowest BCUT2D eigenvalue weighted by Gasteiger charge is -2.51. The predicted molar refractivity (Wildman–Crippen MR) is 78.1 cm³/mol. The van der Waals surface area contributed by atoms with Crippen molar-refractivity contribution in [2.45, 2.75) is 40.5 Å². The number of nitrogens with zero attached hydrogens (tertiary/aromatic N) is 1. The van der Waals surface area contributed by atoms with E-state index in [0.29, 0.717) is 11.0 Å². The highest BCUT2D eigenvalue weighted by Crippen LogP contribution is 2.40. The van der Waals surface area contributed by atoms with Crippen molar-refractivity contribution in [2.24, 2.45) is 5.41 Å². The van der Waals surface area contributed by atoms with Crippen LogP contribution in [0.5, 0.6) is 0 Å². The molecule has 1 aliphatic heterocycles. The highest BCUT2D eigenvalue weighted by Gasteiger charge is 2.40. The van der Waals surface area contributed by atoms with E-state index in [4.69, 9.17) is 0 Å². The van der Waals surface area contributed by atoms with Crippen LogP contribution in [0.15, 0.2) is 12.1 Å². The quantitative estimate of drug-likeness (QED) is 0.899. The number of hydrogen-bond acceptors (Lipinski definition) is 2. The van der Waals surface area contributed by atoms with Crippen LogP contribution in [0.3, 0.4) is 0 Å². The number of hydrogen-bond donors (Lipinski definition) is 1.